The second-order valence-electron chi connectivity index (χ2n) is 12.0. The Labute approximate surface area is 218 Å². The number of carbonyl (C=O) groups is 1. The number of carbonyl (C=O) groups excluding carboxylic acids is 1. The van der Waals surface area contributed by atoms with Gasteiger partial charge in [0.25, 0.3) is 0 Å². The fourth-order valence-electron chi connectivity index (χ4n) is 5.77. The van der Waals surface area contributed by atoms with Crippen LogP contribution in [0.5, 0.6) is 0 Å². The molecule has 4 atom stereocenters. The molecule has 0 bridgehead atoms. The van der Waals surface area contributed by atoms with Gasteiger partial charge in [0.05, 0.1) is 6.10 Å². The summed E-state index contributed by atoms with van der Waals surface area (Å²) in [6.07, 6.45) is 16.1. The third-order valence-electron chi connectivity index (χ3n) is 7.39. The summed E-state index contributed by atoms with van der Waals surface area (Å²) in [5.74, 6) is 3.15. The van der Waals surface area contributed by atoms with Gasteiger partial charge in [0.2, 0.25) is 0 Å². The van der Waals surface area contributed by atoms with Crippen molar-refractivity contribution in [2.45, 2.75) is 119 Å². The Balaban J connectivity index is 2.62. The first-order valence-electron chi connectivity index (χ1n) is 14.2. The molecule has 0 radical (unpaired) electrons. The van der Waals surface area contributed by atoms with Crippen LogP contribution in [0.25, 0.3) is 0 Å². The second-order valence-corrected chi connectivity index (χ2v) is 12.0. The van der Waals surface area contributed by atoms with Crippen molar-refractivity contribution in [1.29, 1.82) is 0 Å². The summed E-state index contributed by atoms with van der Waals surface area (Å²) in [5, 5.41) is 0. The van der Waals surface area contributed by atoms with Crippen LogP contribution in [0.3, 0.4) is 0 Å². The van der Waals surface area contributed by atoms with Gasteiger partial charge in [0.15, 0.2) is 0 Å². The molecule has 0 heterocycles. The Morgan fingerprint density at radius 2 is 1.86 bits per heavy atom. The highest BCUT2D eigenvalue weighted by molar-refractivity contribution is 5.78. The molecule has 0 aromatic carbocycles. The van der Waals surface area contributed by atoms with Crippen molar-refractivity contribution >= 4 is 5.78 Å². The third-order valence-corrected chi connectivity index (χ3v) is 7.39. The minimum Gasteiger partial charge on any atom is -0.377 e. The first kappa shape index (κ1) is 31.6. The highest BCUT2D eigenvalue weighted by Crippen LogP contribution is 2.35. The van der Waals surface area contributed by atoms with Crippen molar-refractivity contribution in [1.82, 2.24) is 0 Å². The zero-order chi connectivity index (χ0) is 26.5. The highest BCUT2D eigenvalue weighted by atomic mass is 16.5. The Morgan fingerprint density at radius 3 is 2.37 bits per heavy atom. The average Bonchev–Trinajstić information content (AvgIpc) is 2.75. The predicted molar refractivity (Wildman–Crippen MR) is 154 cm³/mol. The van der Waals surface area contributed by atoms with Gasteiger partial charge in [0, 0.05) is 25.9 Å². The lowest BCUT2D eigenvalue weighted by Gasteiger charge is -2.32. The van der Waals surface area contributed by atoms with Crippen LogP contribution in [0.4, 0.5) is 0 Å². The van der Waals surface area contributed by atoms with E-state index in [0.717, 1.165) is 44.1 Å². The van der Waals surface area contributed by atoms with Crippen molar-refractivity contribution < 1.29 is 9.53 Å². The molecule has 0 N–H and O–H groups in total. The number of hydrogen-bond acceptors (Lipinski definition) is 2. The fourth-order valence-corrected chi connectivity index (χ4v) is 5.77. The molecule has 2 nitrogen and oxygen atoms in total. The van der Waals surface area contributed by atoms with Gasteiger partial charge in [-0.15, -0.1) is 0 Å². The standard InChI is InChI=1S/C33H56O2/c1-11-28(18-23(2)3)32-17-16-27(22-33(32)35-10)21-30(34)14-12-13-15-31(26(8)9)29(19-24(4)5)20-25(6)7/h17-19,25-28,31,33H,4,11-16,20-22H2,1-3,5-10H3/b29-19-. The minimum absolute atomic E-state index is 0.147. The van der Waals surface area contributed by atoms with Gasteiger partial charge < -0.3 is 4.74 Å². The van der Waals surface area contributed by atoms with Crippen LogP contribution in [0.2, 0.25) is 0 Å². The lowest BCUT2D eigenvalue weighted by Crippen LogP contribution is -2.27. The summed E-state index contributed by atoms with van der Waals surface area (Å²) in [6, 6.07) is 0. The predicted octanol–water partition coefficient (Wildman–Crippen LogP) is 9.67. The molecule has 35 heavy (non-hydrogen) atoms. The summed E-state index contributed by atoms with van der Waals surface area (Å²) in [5.41, 5.74) is 5.46. The number of rotatable bonds is 16. The molecule has 0 fully saturated rings. The van der Waals surface area contributed by atoms with Gasteiger partial charge in [-0.05, 0) is 88.5 Å². The maximum Gasteiger partial charge on any atom is 0.133 e. The number of Topliss-reactive ketones (excluding diaryl/α,β-unsaturated/α-hetero) is 1. The first-order chi connectivity index (χ1) is 16.5. The van der Waals surface area contributed by atoms with E-state index in [1.165, 1.54) is 17.6 Å². The number of unbranched alkanes of at least 4 members (excludes halogenated alkanes) is 1. The van der Waals surface area contributed by atoms with E-state index < -0.39 is 0 Å². The van der Waals surface area contributed by atoms with Gasteiger partial charge in [-0.2, -0.15) is 0 Å². The van der Waals surface area contributed by atoms with E-state index in [4.69, 9.17) is 4.74 Å². The molecular weight excluding hydrogens is 428 g/mol. The molecule has 1 aliphatic carbocycles. The molecule has 0 aliphatic heterocycles. The molecular formula is C33H56O2. The zero-order valence-electron chi connectivity index (χ0n) is 24.6. The normalized spacial score (nSPS) is 20.5. The van der Waals surface area contributed by atoms with E-state index in [1.54, 1.807) is 5.57 Å². The van der Waals surface area contributed by atoms with Gasteiger partial charge in [-0.25, -0.2) is 0 Å². The fraction of sp³-hybridized carbons (Fsp3) is 0.727. The smallest absolute Gasteiger partial charge is 0.133 e. The number of allylic oxidation sites excluding steroid dienone is 6. The maximum atomic E-state index is 12.8. The minimum atomic E-state index is 0.147. The number of ketones is 1. The lowest BCUT2D eigenvalue weighted by molar-refractivity contribution is -0.120. The SMILES string of the molecule is C=C(C)/C=C(/CC(C)C)C(CCCCC(=O)CC1CC=C(C(C=C(C)C)CC)C(OC)C1)C(C)C. The molecule has 0 aromatic heterocycles. The first-order valence-corrected chi connectivity index (χ1v) is 14.2. The van der Waals surface area contributed by atoms with E-state index >= 15 is 0 Å². The van der Waals surface area contributed by atoms with Crippen LogP contribution in [0.15, 0.2) is 47.1 Å². The molecule has 1 aliphatic rings. The molecule has 0 amide bonds. The Kier molecular flexibility index (Phi) is 14.8. The summed E-state index contributed by atoms with van der Waals surface area (Å²) in [6.45, 7) is 22.1. The van der Waals surface area contributed by atoms with E-state index in [1.807, 2.05) is 7.11 Å². The van der Waals surface area contributed by atoms with Crippen LogP contribution < -0.4 is 0 Å². The number of ether oxygens (including phenoxy) is 1. The quantitative estimate of drug-likeness (QED) is 0.124. The molecule has 2 heteroatoms. The van der Waals surface area contributed by atoms with Gasteiger partial charge in [-0.3, -0.25) is 4.79 Å². The largest absolute Gasteiger partial charge is 0.377 e. The molecule has 1 rings (SSSR count). The van der Waals surface area contributed by atoms with Crippen LogP contribution in [0, 0.1) is 29.6 Å². The van der Waals surface area contributed by atoms with Crippen molar-refractivity contribution in [2.75, 3.05) is 7.11 Å². The topological polar surface area (TPSA) is 26.3 Å². The summed E-state index contributed by atoms with van der Waals surface area (Å²) < 4.78 is 5.88. The summed E-state index contributed by atoms with van der Waals surface area (Å²) in [4.78, 5) is 12.8. The third kappa shape index (κ3) is 11.9. The molecule has 0 spiro atoms. The van der Waals surface area contributed by atoms with Crippen molar-refractivity contribution in [3.05, 3.63) is 47.1 Å². The number of methoxy groups -OCH3 is 1. The average molecular weight is 485 g/mol. The second kappa shape index (κ2) is 16.4. The molecule has 0 aromatic rings. The van der Waals surface area contributed by atoms with E-state index in [2.05, 4.69) is 80.2 Å². The Bertz CT molecular complexity index is 745. The Hall–Kier alpha value is -1.41. The van der Waals surface area contributed by atoms with E-state index in [-0.39, 0.29) is 6.10 Å². The zero-order valence-corrected chi connectivity index (χ0v) is 24.6. The van der Waals surface area contributed by atoms with Gasteiger partial charge in [-0.1, -0.05) is 82.6 Å². The number of hydrogen-bond donors (Lipinski definition) is 0. The Morgan fingerprint density at radius 1 is 1.17 bits per heavy atom. The van der Waals surface area contributed by atoms with Crippen LogP contribution in [-0.4, -0.2) is 19.0 Å². The van der Waals surface area contributed by atoms with E-state index in [0.29, 0.717) is 48.2 Å². The molecule has 0 saturated carbocycles. The van der Waals surface area contributed by atoms with E-state index in [9.17, 15) is 4.79 Å². The van der Waals surface area contributed by atoms with Crippen molar-refractivity contribution in [3.63, 3.8) is 0 Å². The van der Waals surface area contributed by atoms with Crippen molar-refractivity contribution in [2.24, 2.45) is 29.6 Å². The summed E-state index contributed by atoms with van der Waals surface area (Å²) in [7, 11) is 1.82. The lowest BCUT2D eigenvalue weighted by atomic mass is 9.78. The maximum absolute atomic E-state index is 12.8. The monoisotopic (exact) mass is 484 g/mol. The molecule has 0 saturated heterocycles. The van der Waals surface area contributed by atoms with Crippen molar-refractivity contribution in [3.8, 4) is 0 Å². The van der Waals surface area contributed by atoms with Gasteiger partial charge >= 0.3 is 0 Å². The summed E-state index contributed by atoms with van der Waals surface area (Å²) >= 11 is 0. The van der Waals surface area contributed by atoms with Crippen LogP contribution in [-0.2, 0) is 9.53 Å². The molecule has 4 unspecified atom stereocenters. The highest BCUT2D eigenvalue weighted by Gasteiger charge is 2.28. The van der Waals surface area contributed by atoms with Gasteiger partial charge in [0.1, 0.15) is 5.78 Å². The molecule has 200 valence electrons. The van der Waals surface area contributed by atoms with Crippen LogP contribution in [0.1, 0.15) is 113 Å². The van der Waals surface area contributed by atoms with Crippen LogP contribution >= 0.6 is 0 Å².